The first-order valence-electron chi connectivity index (χ1n) is 9.94. The van der Waals surface area contributed by atoms with Crippen LogP contribution in [0, 0.1) is 0 Å². The lowest BCUT2D eigenvalue weighted by Crippen LogP contribution is -2.29. The summed E-state index contributed by atoms with van der Waals surface area (Å²) in [6.07, 6.45) is -2.08. The van der Waals surface area contributed by atoms with Gasteiger partial charge in [-0.3, -0.25) is 9.59 Å². The van der Waals surface area contributed by atoms with Gasteiger partial charge >= 0.3 is 12.3 Å². The SMILES string of the molecule is CC(C)(C)OC(=O)Oc1ccc(OC(=O)OC(C)(C)C)c2c1C(=O)c1ccccc1C2=O. The summed E-state index contributed by atoms with van der Waals surface area (Å²) >= 11 is 0. The molecule has 0 bridgehead atoms. The van der Waals surface area contributed by atoms with E-state index in [9.17, 15) is 19.2 Å². The van der Waals surface area contributed by atoms with Crippen LogP contribution in [0.4, 0.5) is 9.59 Å². The highest BCUT2D eigenvalue weighted by atomic mass is 16.7. The molecule has 0 aliphatic heterocycles. The van der Waals surface area contributed by atoms with Crippen molar-refractivity contribution in [3.05, 3.63) is 58.7 Å². The molecule has 0 unspecified atom stereocenters. The first-order chi connectivity index (χ1) is 14.8. The number of hydrogen-bond donors (Lipinski definition) is 0. The number of hydrogen-bond acceptors (Lipinski definition) is 8. The molecule has 0 spiro atoms. The maximum atomic E-state index is 13.3. The van der Waals surface area contributed by atoms with E-state index in [0.29, 0.717) is 0 Å². The average Bonchev–Trinajstić information content (AvgIpc) is 2.64. The minimum Gasteiger partial charge on any atom is -0.428 e. The van der Waals surface area contributed by atoms with Gasteiger partial charge in [-0.2, -0.15) is 0 Å². The normalized spacial score (nSPS) is 13.1. The molecule has 0 aromatic heterocycles. The zero-order chi connectivity index (χ0) is 23.8. The number of ketones is 2. The van der Waals surface area contributed by atoms with Crippen LogP contribution in [0.15, 0.2) is 36.4 Å². The lowest BCUT2D eigenvalue weighted by Gasteiger charge is -2.24. The van der Waals surface area contributed by atoms with Gasteiger partial charge in [0, 0.05) is 11.1 Å². The van der Waals surface area contributed by atoms with Crippen LogP contribution in [0.5, 0.6) is 11.5 Å². The molecular weight excluding hydrogens is 416 g/mol. The van der Waals surface area contributed by atoms with Crippen LogP contribution in [-0.4, -0.2) is 35.1 Å². The van der Waals surface area contributed by atoms with E-state index < -0.39 is 35.1 Å². The van der Waals surface area contributed by atoms with Gasteiger partial charge in [0.25, 0.3) is 0 Å². The molecule has 0 amide bonds. The Kier molecular flexibility index (Phi) is 5.82. The summed E-state index contributed by atoms with van der Waals surface area (Å²) in [6.45, 7) is 9.95. The highest BCUT2D eigenvalue weighted by Gasteiger charge is 2.37. The van der Waals surface area contributed by atoms with E-state index in [2.05, 4.69) is 0 Å². The Morgan fingerprint density at radius 1 is 0.625 bits per heavy atom. The van der Waals surface area contributed by atoms with E-state index in [0.717, 1.165) is 0 Å². The average molecular weight is 440 g/mol. The lowest BCUT2D eigenvalue weighted by molar-refractivity contribution is 0.0183. The second-order valence-corrected chi connectivity index (χ2v) is 9.15. The van der Waals surface area contributed by atoms with Crippen molar-refractivity contribution < 1.29 is 38.1 Å². The first-order valence-corrected chi connectivity index (χ1v) is 9.94. The molecule has 0 N–H and O–H groups in total. The van der Waals surface area contributed by atoms with Crippen molar-refractivity contribution in [3.8, 4) is 11.5 Å². The third-order valence-corrected chi connectivity index (χ3v) is 4.16. The third-order valence-electron chi connectivity index (χ3n) is 4.16. The Balaban J connectivity index is 2.09. The Bertz CT molecular complexity index is 1030. The molecular formula is C24H24O8. The molecule has 3 rings (SSSR count). The largest absolute Gasteiger partial charge is 0.514 e. The molecule has 0 atom stereocenters. The van der Waals surface area contributed by atoms with Crippen LogP contribution in [0.2, 0.25) is 0 Å². The van der Waals surface area contributed by atoms with Gasteiger partial charge in [-0.25, -0.2) is 9.59 Å². The maximum Gasteiger partial charge on any atom is 0.514 e. The number of ether oxygens (including phenoxy) is 4. The summed E-state index contributed by atoms with van der Waals surface area (Å²) in [7, 11) is 0. The fourth-order valence-corrected chi connectivity index (χ4v) is 3.06. The molecule has 0 fully saturated rings. The van der Waals surface area contributed by atoms with Crippen LogP contribution < -0.4 is 9.47 Å². The minimum absolute atomic E-state index is 0.147. The summed E-state index contributed by atoms with van der Waals surface area (Å²) in [4.78, 5) is 50.9. The fourth-order valence-electron chi connectivity index (χ4n) is 3.06. The number of carbonyl (C=O) groups is 4. The van der Waals surface area contributed by atoms with Crippen molar-refractivity contribution in [2.75, 3.05) is 0 Å². The molecule has 0 saturated heterocycles. The quantitative estimate of drug-likeness (QED) is 0.401. The Morgan fingerprint density at radius 3 is 1.28 bits per heavy atom. The van der Waals surface area contributed by atoms with Crippen LogP contribution in [0.1, 0.15) is 73.4 Å². The van der Waals surface area contributed by atoms with Gasteiger partial charge < -0.3 is 18.9 Å². The van der Waals surface area contributed by atoms with E-state index in [4.69, 9.17) is 18.9 Å². The number of carbonyl (C=O) groups excluding carboxylic acids is 4. The van der Waals surface area contributed by atoms with Crippen molar-refractivity contribution in [2.45, 2.75) is 52.7 Å². The summed E-state index contributed by atoms with van der Waals surface area (Å²) in [5, 5.41) is 0. The van der Waals surface area contributed by atoms with Crippen LogP contribution in [0.3, 0.4) is 0 Å². The molecule has 0 radical (unpaired) electrons. The van der Waals surface area contributed by atoms with Gasteiger partial charge in [-0.05, 0) is 53.7 Å². The van der Waals surface area contributed by atoms with E-state index in [1.165, 1.54) is 24.3 Å². The maximum absolute atomic E-state index is 13.3. The van der Waals surface area contributed by atoms with E-state index in [1.54, 1.807) is 53.7 Å². The molecule has 1 aliphatic carbocycles. The van der Waals surface area contributed by atoms with Crippen molar-refractivity contribution in [1.82, 2.24) is 0 Å². The third kappa shape index (κ3) is 4.96. The molecule has 8 nitrogen and oxygen atoms in total. The Morgan fingerprint density at radius 2 is 0.969 bits per heavy atom. The van der Waals surface area contributed by atoms with E-state index in [-0.39, 0.29) is 33.8 Å². The van der Waals surface area contributed by atoms with Crippen molar-refractivity contribution in [2.24, 2.45) is 0 Å². The Hall–Kier alpha value is -3.68. The van der Waals surface area contributed by atoms with Gasteiger partial charge in [0.15, 0.2) is 11.6 Å². The minimum atomic E-state index is -1.04. The molecule has 2 aromatic carbocycles. The highest BCUT2D eigenvalue weighted by molar-refractivity contribution is 6.30. The van der Waals surface area contributed by atoms with E-state index >= 15 is 0 Å². The highest BCUT2D eigenvalue weighted by Crippen LogP contribution is 2.39. The predicted molar refractivity (Wildman–Crippen MR) is 113 cm³/mol. The van der Waals surface area contributed by atoms with Gasteiger partial charge in [0.1, 0.15) is 22.7 Å². The van der Waals surface area contributed by atoms with Crippen molar-refractivity contribution >= 4 is 23.9 Å². The summed E-state index contributed by atoms with van der Waals surface area (Å²) in [5.41, 5.74) is -1.75. The van der Waals surface area contributed by atoms with Gasteiger partial charge in [-0.15, -0.1) is 0 Å². The topological polar surface area (TPSA) is 105 Å². The predicted octanol–water partition coefficient (Wildman–Crippen LogP) is 5.09. The monoisotopic (exact) mass is 440 g/mol. The molecule has 8 heteroatoms. The first kappa shape index (κ1) is 23.0. The molecule has 0 saturated carbocycles. The zero-order valence-electron chi connectivity index (χ0n) is 18.7. The molecule has 0 heterocycles. The van der Waals surface area contributed by atoms with Crippen LogP contribution >= 0.6 is 0 Å². The van der Waals surface area contributed by atoms with E-state index in [1.807, 2.05) is 0 Å². The van der Waals surface area contributed by atoms with Crippen molar-refractivity contribution in [3.63, 3.8) is 0 Å². The molecule has 32 heavy (non-hydrogen) atoms. The molecule has 168 valence electrons. The lowest BCUT2D eigenvalue weighted by atomic mass is 9.83. The van der Waals surface area contributed by atoms with Gasteiger partial charge in [0.05, 0.1) is 11.1 Å². The fraction of sp³-hybridized carbons (Fsp3) is 0.333. The summed E-state index contributed by atoms with van der Waals surface area (Å²) in [5.74, 6) is -1.47. The number of benzene rings is 2. The zero-order valence-corrected chi connectivity index (χ0v) is 18.7. The second-order valence-electron chi connectivity index (χ2n) is 9.15. The molecule has 2 aromatic rings. The van der Waals surface area contributed by atoms with Crippen molar-refractivity contribution in [1.29, 1.82) is 0 Å². The molecule has 1 aliphatic rings. The number of fused-ring (bicyclic) bond motifs is 2. The second kappa shape index (κ2) is 8.11. The Labute approximate surface area is 185 Å². The standard InChI is InChI=1S/C24H24O8/c1-23(2,3)31-21(27)29-15-11-12-16(30-22(28)32-24(4,5)6)18-17(15)19(25)13-9-7-8-10-14(13)20(18)26/h7-12H,1-6H3. The van der Waals surface area contributed by atoms with Crippen LogP contribution in [-0.2, 0) is 9.47 Å². The van der Waals surface area contributed by atoms with Gasteiger partial charge in [0.2, 0.25) is 0 Å². The summed E-state index contributed by atoms with van der Waals surface area (Å²) < 4.78 is 20.8. The van der Waals surface area contributed by atoms with Gasteiger partial charge in [-0.1, -0.05) is 24.3 Å². The summed E-state index contributed by atoms with van der Waals surface area (Å²) in [6, 6.07) is 8.76. The smallest absolute Gasteiger partial charge is 0.428 e. The number of rotatable bonds is 2. The van der Waals surface area contributed by atoms with Crippen LogP contribution in [0.25, 0.3) is 0 Å².